The molecule has 1 aliphatic rings. The van der Waals surface area contributed by atoms with Gasteiger partial charge in [0.1, 0.15) is 11.9 Å². The van der Waals surface area contributed by atoms with Crippen LogP contribution in [0.2, 0.25) is 0 Å². The molecule has 0 radical (unpaired) electrons. The van der Waals surface area contributed by atoms with Crippen LogP contribution in [0.3, 0.4) is 0 Å². The molecule has 3 aromatic rings. The molecule has 1 aromatic carbocycles. The lowest BCUT2D eigenvalue weighted by atomic mass is 10.1. The standard InChI is InChI=1S/C29H41N5O3S/c1-4-8-24(29(36)30-12-13-33-14-16-37-17-15-33)32-28(35)21-10-11-26-25(19-21)31-27(20-23-9-7-18-38-23)34(26)22(5-2)6-3/h7,9-11,18-19,22,24H,4-6,8,12-17,20H2,1-3H3,(H,30,36)(H,32,35)/t24-/m0/s1. The van der Waals surface area contributed by atoms with Crippen LogP contribution in [0, 0.1) is 0 Å². The molecule has 206 valence electrons. The zero-order valence-electron chi connectivity index (χ0n) is 22.9. The van der Waals surface area contributed by atoms with Crippen molar-refractivity contribution in [2.75, 3.05) is 39.4 Å². The predicted octanol–water partition coefficient (Wildman–Crippen LogP) is 4.40. The fraction of sp³-hybridized carbons (Fsp3) is 0.552. The summed E-state index contributed by atoms with van der Waals surface area (Å²) in [5, 5.41) is 8.07. The van der Waals surface area contributed by atoms with Gasteiger partial charge in [0, 0.05) is 49.1 Å². The second-order valence-electron chi connectivity index (χ2n) is 9.89. The molecule has 1 aliphatic heterocycles. The molecule has 0 unspecified atom stereocenters. The Hall–Kier alpha value is -2.75. The van der Waals surface area contributed by atoms with E-state index in [1.54, 1.807) is 11.3 Å². The zero-order valence-corrected chi connectivity index (χ0v) is 23.7. The molecule has 9 heteroatoms. The van der Waals surface area contributed by atoms with Gasteiger partial charge in [0.2, 0.25) is 5.91 Å². The predicted molar refractivity (Wildman–Crippen MR) is 153 cm³/mol. The van der Waals surface area contributed by atoms with Crippen molar-refractivity contribution in [3.8, 4) is 0 Å². The number of morpholine rings is 1. The van der Waals surface area contributed by atoms with Gasteiger partial charge in [-0.05, 0) is 48.9 Å². The van der Waals surface area contributed by atoms with Crippen LogP contribution in [0.5, 0.6) is 0 Å². The van der Waals surface area contributed by atoms with E-state index in [9.17, 15) is 9.59 Å². The molecule has 8 nitrogen and oxygen atoms in total. The molecule has 0 aliphatic carbocycles. The number of fused-ring (bicyclic) bond motifs is 1. The van der Waals surface area contributed by atoms with Gasteiger partial charge in [0.15, 0.2) is 0 Å². The first-order valence-electron chi connectivity index (χ1n) is 14.0. The Balaban J connectivity index is 1.47. The van der Waals surface area contributed by atoms with Crippen molar-refractivity contribution in [3.05, 3.63) is 52.0 Å². The fourth-order valence-electron chi connectivity index (χ4n) is 5.13. The van der Waals surface area contributed by atoms with Crippen LogP contribution >= 0.6 is 11.3 Å². The normalized spacial score (nSPS) is 15.2. The molecule has 2 amide bonds. The summed E-state index contributed by atoms with van der Waals surface area (Å²) >= 11 is 1.74. The zero-order chi connectivity index (χ0) is 26.9. The summed E-state index contributed by atoms with van der Waals surface area (Å²) in [6.07, 6.45) is 4.19. The summed E-state index contributed by atoms with van der Waals surface area (Å²) in [4.78, 5) is 34.7. The lowest BCUT2D eigenvalue weighted by molar-refractivity contribution is -0.123. The molecule has 0 spiro atoms. The van der Waals surface area contributed by atoms with Gasteiger partial charge in [-0.3, -0.25) is 14.5 Å². The van der Waals surface area contributed by atoms with Gasteiger partial charge in [-0.15, -0.1) is 11.3 Å². The van der Waals surface area contributed by atoms with Crippen LogP contribution in [-0.4, -0.2) is 71.7 Å². The largest absolute Gasteiger partial charge is 0.379 e. The Bertz CT molecular complexity index is 1180. The molecule has 2 N–H and O–H groups in total. The molecule has 1 saturated heterocycles. The monoisotopic (exact) mass is 539 g/mol. The summed E-state index contributed by atoms with van der Waals surface area (Å²) in [6.45, 7) is 11.0. The Morgan fingerprint density at radius 2 is 1.92 bits per heavy atom. The van der Waals surface area contributed by atoms with Crippen molar-refractivity contribution in [2.24, 2.45) is 0 Å². The number of nitrogens with one attached hydrogen (secondary N) is 2. The highest BCUT2D eigenvalue weighted by Gasteiger charge is 2.23. The number of aromatic nitrogens is 2. The number of ether oxygens (including phenoxy) is 1. The van der Waals surface area contributed by atoms with E-state index in [1.165, 1.54) is 4.88 Å². The van der Waals surface area contributed by atoms with E-state index in [1.807, 2.05) is 25.1 Å². The van der Waals surface area contributed by atoms with E-state index >= 15 is 0 Å². The van der Waals surface area contributed by atoms with Crippen molar-refractivity contribution < 1.29 is 14.3 Å². The lowest BCUT2D eigenvalue weighted by Gasteiger charge is -2.27. The number of carbonyl (C=O) groups is 2. The Kier molecular flexibility index (Phi) is 10.3. The number of nitrogens with zero attached hydrogens (tertiary/aromatic N) is 3. The average molecular weight is 540 g/mol. The third kappa shape index (κ3) is 7.01. The number of hydrogen-bond donors (Lipinski definition) is 2. The van der Waals surface area contributed by atoms with E-state index in [-0.39, 0.29) is 11.8 Å². The maximum atomic E-state index is 13.2. The highest BCUT2D eigenvalue weighted by atomic mass is 32.1. The molecule has 0 bridgehead atoms. The Morgan fingerprint density at radius 1 is 1.13 bits per heavy atom. The summed E-state index contributed by atoms with van der Waals surface area (Å²) in [5.74, 6) is 0.647. The number of benzene rings is 1. The molecule has 3 heterocycles. The minimum atomic E-state index is -0.565. The van der Waals surface area contributed by atoms with Gasteiger partial charge in [-0.1, -0.05) is 33.3 Å². The summed E-state index contributed by atoms with van der Waals surface area (Å²) in [7, 11) is 0. The molecular formula is C29H41N5O3S. The maximum absolute atomic E-state index is 13.2. The topological polar surface area (TPSA) is 88.5 Å². The minimum absolute atomic E-state index is 0.134. The summed E-state index contributed by atoms with van der Waals surface area (Å²) in [6, 6.07) is 9.71. The Morgan fingerprint density at radius 3 is 2.61 bits per heavy atom. The van der Waals surface area contributed by atoms with Crippen molar-refractivity contribution in [2.45, 2.75) is 65.0 Å². The number of hydrogen-bond acceptors (Lipinski definition) is 6. The average Bonchev–Trinajstić information content (AvgIpc) is 3.57. The first kappa shape index (κ1) is 28.3. The van der Waals surface area contributed by atoms with Crippen LogP contribution < -0.4 is 10.6 Å². The molecular weight excluding hydrogens is 498 g/mol. The lowest BCUT2D eigenvalue weighted by Crippen LogP contribution is -2.49. The smallest absolute Gasteiger partial charge is 0.252 e. The van der Waals surface area contributed by atoms with Crippen LogP contribution in [-0.2, 0) is 16.0 Å². The quantitative estimate of drug-likeness (QED) is 0.336. The molecule has 2 aromatic heterocycles. The molecule has 38 heavy (non-hydrogen) atoms. The van der Waals surface area contributed by atoms with E-state index in [0.717, 1.165) is 75.4 Å². The molecule has 0 saturated carbocycles. The van der Waals surface area contributed by atoms with E-state index in [2.05, 4.69) is 51.5 Å². The van der Waals surface area contributed by atoms with Crippen molar-refractivity contribution in [1.82, 2.24) is 25.1 Å². The van der Waals surface area contributed by atoms with Crippen LogP contribution in [0.1, 0.15) is 73.6 Å². The van der Waals surface area contributed by atoms with E-state index in [0.29, 0.717) is 24.6 Å². The van der Waals surface area contributed by atoms with Crippen LogP contribution in [0.25, 0.3) is 11.0 Å². The van der Waals surface area contributed by atoms with Gasteiger partial charge in [-0.2, -0.15) is 0 Å². The van der Waals surface area contributed by atoms with Crippen molar-refractivity contribution >= 4 is 34.2 Å². The number of carbonyl (C=O) groups excluding carboxylic acids is 2. The van der Waals surface area contributed by atoms with Gasteiger partial charge >= 0.3 is 0 Å². The Labute approximate surface area is 229 Å². The number of imidazole rings is 1. The molecule has 1 fully saturated rings. The second-order valence-corrected chi connectivity index (χ2v) is 10.9. The first-order chi connectivity index (χ1) is 18.5. The summed E-state index contributed by atoms with van der Waals surface area (Å²) in [5.41, 5.74) is 2.39. The maximum Gasteiger partial charge on any atom is 0.252 e. The van der Waals surface area contributed by atoms with Crippen molar-refractivity contribution in [1.29, 1.82) is 0 Å². The van der Waals surface area contributed by atoms with E-state index in [4.69, 9.17) is 9.72 Å². The summed E-state index contributed by atoms with van der Waals surface area (Å²) < 4.78 is 7.73. The third-order valence-corrected chi connectivity index (χ3v) is 8.15. The number of thiophene rings is 1. The van der Waals surface area contributed by atoms with Crippen LogP contribution in [0.4, 0.5) is 0 Å². The number of rotatable bonds is 13. The first-order valence-corrected chi connectivity index (χ1v) is 14.8. The molecule has 4 rings (SSSR count). The van der Waals surface area contributed by atoms with Gasteiger partial charge < -0.3 is 19.9 Å². The van der Waals surface area contributed by atoms with Gasteiger partial charge in [-0.25, -0.2) is 4.98 Å². The van der Waals surface area contributed by atoms with Crippen LogP contribution in [0.15, 0.2) is 35.7 Å². The highest BCUT2D eigenvalue weighted by molar-refractivity contribution is 7.09. The minimum Gasteiger partial charge on any atom is -0.379 e. The SMILES string of the molecule is CCC[C@H](NC(=O)c1ccc2c(c1)nc(Cc1cccs1)n2C(CC)CC)C(=O)NCCN1CCOCC1. The van der Waals surface area contributed by atoms with Crippen molar-refractivity contribution in [3.63, 3.8) is 0 Å². The fourth-order valence-corrected chi connectivity index (χ4v) is 5.83. The number of amides is 2. The van der Waals surface area contributed by atoms with Gasteiger partial charge in [0.25, 0.3) is 5.91 Å². The van der Waals surface area contributed by atoms with Gasteiger partial charge in [0.05, 0.1) is 24.2 Å². The highest BCUT2D eigenvalue weighted by Crippen LogP contribution is 2.28. The molecule has 1 atom stereocenters. The third-order valence-electron chi connectivity index (χ3n) is 7.27. The van der Waals surface area contributed by atoms with E-state index < -0.39 is 6.04 Å². The second kappa shape index (κ2) is 13.9.